The van der Waals surface area contributed by atoms with Gasteiger partial charge in [-0.05, 0) is 35.4 Å². The van der Waals surface area contributed by atoms with Crippen molar-refractivity contribution in [2.75, 3.05) is 24.7 Å². The van der Waals surface area contributed by atoms with Gasteiger partial charge in [0.2, 0.25) is 5.91 Å². The van der Waals surface area contributed by atoms with Crippen LogP contribution in [-0.2, 0) is 11.2 Å². The molecule has 0 saturated carbocycles. The predicted octanol–water partition coefficient (Wildman–Crippen LogP) is 5.40. The number of rotatable bonds is 6. The molecule has 0 fully saturated rings. The molecule has 0 saturated heterocycles. The highest BCUT2D eigenvalue weighted by atomic mass is 35.5. The first-order valence-electron chi connectivity index (χ1n) is 9.85. The molecule has 0 atom stereocenters. The molecule has 5 heteroatoms. The Balaban J connectivity index is 1.57. The lowest BCUT2D eigenvalue weighted by Crippen LogP contribution is -2.32. The summed E-state index contributed by atoms with van der Waals surface area (Å²) in [4.78, 5) is 15.0. The number of hydrogen-bond acceptors (Lipinski definition) is 3. The molecule has 0 radical (unpaired) electrons. The third-order valence-corrected chi connectivity index (χ3v) is 5.06. The van der Waals surface area contributed by atoms with Gasteiger partial charge in [-0.15, -0.1) is 0 Å². The van der Waals surface area contributed by atoms with E-state index in [1.165, 1.54) is 0 Å². The van der Waals surface area contributed by atoms with Gasteiger partial charge in [-0.1, -0.05) is 66.2 Å². The van der Waals surface area contributed by atoms with E-state index in [9.17, 15) is 4.79 Å². The second-order valence-electron chi connectivity index (χ2n) is 6.95. The van der Waals surface area contributed by atoms with Crippen LogP contribution in [0.1, 0.15) is 11.1 Å². The lowest BCUT2D eigenvalue weighted by molar-refractivity contribution is -0.117. The monoisotopic (exact) mass is 419 g/mol. The molecule has 0 spiro atoms. The summed E-state index contributed by atoms with van der Waals surface area (Å²) < 4.78 is 11.3. The Kier molecular flexibility index (Phi) is 6.35. The van der Waals surface area contributed by atoms with E-state index in [1.54, 1.807) is 17.0 Å². The third kappa shape index (κ3) is 5.02. The Labute approximate surface area is 181 Å². The highest BCUT2D eigenvalue weighted by Crippen LogP contribution is 2.34. The first kappa shape index (κ1) is 20.0. The Morgan fingerprint density at radius 1 is 0.933 bits per heavy atom. The van der Waals surface area contributed by atoms with Gasteiger partial charge in [0.15, 0.2) is 11.5 Å². The number of nitrogens with zero attached hydrogens (tertiary/aromatic N) is 1. The van der Waals surface area contributed by atoms with Gasteiger partial charge in [0.05, 0.1) is 6.42 Å². The minimum atomic E-state index is -0.00767. The van der Waals surface area contributed by atoms with Crippen molar-refractivity contribution in [1.82, 2.24) is 0 Å². The van der Waals surface area contributed by atoms with Crippen molar-refractivity contribution in [3.8, 4) is 11.5 Å². The highest BCUT2D eigenvalue weighted by Gasteiger charge is 2.19. The Morgan fingerprint density at radius 2 is 1.67 bits per heavy atom. The van der Waals surface area contributed by atoms with Crippen molar-refractivity contribution in [1.29, 1.82) is 0 Å². The molecule has 4 rings (SSSR count). The number of halogens is 1. The number of carbonyl (C=O) groups excluding carboxylic acids is 1. The first-order chi connectivity index (χ1) is 14.7. The molecule has 30 heavy (non-hydrogen) atoms. The van der Waals surface area contributed by atoms with Gasteiger partial charge >= 0.3 is 0 Å². The van der Waals surface area contributed by atoms with E-state index in [4.69, 9.17) is 21.1 Å². The van der Waals surface area contributed by atoms with Crippen molar-refractivity contribution < 1.29 is 14.3 Å². The van der Waals surface area contributed by atoms with Crippen molar-refractivity contribution in [2.24, 2.45) is 0 Å². The summed E-state index contributed by atoms with van der Waals surface area (Å²) >= 11 is 5.97. The Bertz CT molecular complexity index is 1030. The van der Waals surface area contributed by atoms with E-state index in [1.807, 2.05) is 72.8 Å². The van der Waals surface area contributed by atoms with Crippen molar-refractivity contribution in [3.63, 3.8) is 0 Å². The lowest BCUT2D eigenvalue weighted by atomic mass is 10.1. The SMILES string of the molecule is O=C(Cc1ccc(Cl)cc1)N(C/C=C/c1ccccc1)c1ccc2c(c1)OCCO2. The summed E-state index contributed by atoms with van der Waals surface area (Å²) in [6.45, 7) is 1.48. The van der Waals surface area contributed by atoms with E-state index in [0.29, 0.717) is 36.3 Å². The first-order valence-corrected chi connectivity index (χ1v) is 10.2. The average molecular weight is 420 g/mol. The maximum absolute atomic E-state index is 13.2. The fourth-order valence-corrected chi connectivity index (χ4v) is 3.41. The molecule has 0 aromatic heterocycles. The van der Waals surface area contributed by atoms with Crippen LogP contribution >= 0.6 is 11.6 Å². The van der Waals surface area contributed by atoms with Crippen LogP contribution in [0.4, 0.5) is 5.69 Å². The quantitative estimate of drug-likeness (QED) is 0.537. The van der Waals surface area contributed by atoms with Crippen molar-refractivity contribution in [2.45, 2.75) is 6.42 Å². The predicted molar refractivity (Wildman–Crippen MR) is 120 cm³/mol. The molecule has 152 valence electrons. The van der Waals surface area contributed by atoms with Crippen molar-refractivity contribution in [3.05, 3.63) is 95.0 Å². The molecule has 1 aliphatic rings. The molecule has 0 aliphatic carbocycles. The van der Waals surface area contributed by atoms with Gasteiger partial charge in [-0.2, -0.15) is 0 Å². The smallest absolute Gasteiger partial charge is 0.231 e. The summed E-state index contributed by atoms with van der Waals surface area (Å²) in [6, 6.07) is 23.0. The number of benzene rings is 3. The highest BCUT2D eigenvalue weighted by molar-refractivity contribution is 6.30. The van der Waals surface area contributed by atoms with Gasteiger partial charge in [0.1, 0.15) is 13.2 Å². The van der Waals surface area contributed by atoms with Crippen LogP contribution in [0.3, 0.4) is 0 Å². The topological polar surface area (TPSA) is 38.8 Å². The molecule has 1 amide bonds. The summed E-state index contributed by atoms with van der Waals surface area (Å²) in [5, 5.41) is 0.653. The summed E-state index contributed by atoms with van der Waals surface area (Å²) in [5.74, 6) is 1.36. The summed E-state index contributed by atoms with van der Waals surface area (Å²) in [7, 11) is 0. The zero-order chi connectivity index (χ0) is 20.8. The molecular formula is C25H22ClNO3. The van der Waals surface area contributed by atoms with Crippen LogP contribution in [0.15, 0.2) is 78.9 Å². The molecular weight excluding hydrogens is 398 g/mol. The number of anilines is 1. The second kappa shape index (κ2) is 9.51. The molecule has 3 aromatic rings. The van der Waals surface area contributed by atoms with Crippen LogP contribution in [0.25, 0.3) is 6.08 Å². The van der Waals surface area contributed by atoms with E-state index in [2.05, 4.69) is 0 Å². The van der Waals surface area contributed by atoms with Crippen LogP contribution < -0.4 is 14.4 Å². The molecule has 3 aromatic carbocycles. The normalized spacial score (nSPS) is 12.7. The zero-order valence-corrected chi connectivity index (χ0v) is 17.2. The summed E-state index contributed by atoms with van der Waals surface area (Å²) in [6.07, 6.45) is 4.29. The van der Waals surface area contributed by atoms with Crippen molar-refractivity contribution >= 4 is 29.3 Å². The van der Waals surface area contributed by atoms with Gasteiger partial charge in [0.25, 0.3) is 0 Å². The van der Waals surface area contributed by atoms with Crippen LogP contribution in [0.2, 0.25) is 5.02 Å². The van der Waals surface area contributed by atoms with E-state index < -0.39 is 0 Å². The van der Waals surface area contributed by atoms with E-state index in [0.717, 1.165) is 16.8 Å². The van der Waals surface area contributed by atoms with Gasteiger partial charge in [-0.25, -0.2) is 0 Å². The maximum atomic E-state index is 13.2. The Hall–Kier alpha value is -3.24. The number of carbonyl (C=O) groups is 1. The number of ether oxygens (including phenoxy) is 2. The molecule has 4 nitrogen and oxygen atoms in total. The average Bonchev–Trinajstić information content (AvgIpc) is 2.78. The van der Waals surface area contributed by atoms with E-state index >= 15 is 0 Å². The fourth-order valence-electron chi connectivity index (χ4n) is 3.28. The maximum Gasteiger partial charge on any atom is 0.231 e. The van der Waals surface area contributed by atoms with Crippen LogP contribution in [-0.4, -0.2) is 25.7 Å². The third-order valence-electron chi connectivity index (χ3n) is 4.80. The fraction of sp³-hybridized carbons (Fsp3) is 0.160. The van der Waals surface area contributed by atoms with Gasteiger partial charge in [0, 0.05) is 23.3 Å². The lowest BCUT2D eigenvalue weighted by Gasteiger charge is -2.24. The molecule has 1 aliphatic heterocycles. The molecule has 0 unspecified atom stereocenters. The van der Waals surface area contributed by atoms with Gasteiger partial charge in [-0.3, -0.25) is 4.79 Å². The number of fused-ring (bicyclic) bond motifs is 1. The van der Waals surface area contributed by atoms with Crippen LogP contribution in [0, 0.1) is 0 Å². The second-order valence-corrected chi connectivity index (χ2v) is 7.39. The van der Waals surface area contributed by atoms with Crippen LogP contribution in [0.5, 0.6) is 11.5 Å². The van der Waals surface area contributed by atoms with Gasteiger partial charge < -0.3 is 14.4 Å². The number of amides is 1. The molecule has 1 heterocycles. The minimum absolute atomic E-state index is 0.00767. The largest absolute Gasteiger partial charge is 0.486 e. The number of hydrogen-bond donors (Lipinski definition) is 0. The minimum Gasteiger partial charge on any atom is -0.486 e. The Morgan fingerprint density at radius 3 is 2.43 bits per heavy atom. The van der Waals surface area contributed by atoms with E-state index in [-0.39, 0.29) is 12.3 Å². The molecule has 0 N–H and O–H groups in total. The standard InChI is InChI=1S/C25H22ClNO3/c26-21-10-8-20(9-11-21)17-25(28)27(14-4-7-19-5-2-1-3-6-19)22-12-13-23-24(18-22)30-16-15-29-23/h1-13,18H,14-17H2/b7-4+. The molecule has 0 bridgehead atoms. The summed E-state index contributed by atoms with van der Waals surface area (Å²) in [5.41, 5.74) is 2.78. The zero-order valence-electron chi connectivity index (χ0n) is 16.5.